The number of hydrogen-bond acceptors (Lipinski definition) is 4. The second kappa shape index (κ2) is 10.8. The average molecular weight is 432 g/mol. The third-order valence-electron chi connectivity index (χ3n) is 5.25. The minimum atomic E-state index is 0.432. The number of guanidine groups is 1. The van der Waals surface area contributed by atoms with Crippen LogP contribution in [0.25, 0.3) is 0 Å². The lowest BCUT2D eigenvalue weighted by Crippen LogP contribution is -2.35. The Balaban J connectivity index is 1.79. The third kappa shape index (κ3) is 6.35. The third-order valence-corrected chi connectivity index (χ3v) is 5.25. The first kappa shape index (κ1) is 23.4. The molecule has 1 aliphatic heterocycles. The highest BCUT2D eigenvalue weighted by atomic mass is 15.5. The largest absolute Gasteiger partial charge is 0.324 e. The Morgan fingerprint density at radius 3 is 2.56 bits per heavy atom. The number of hydrazine groups is 1. The molecular weight excluding hydrogens is 398 g/mol. The van der Waals surface area contributed by atoms with Crippen molar-refractivity contribution in [2.24, 2.45) is 15.0 Å². The van der Waals surface area contributed by atoms with Gasteiger partial charge in [0.05, 0.1) is 5.69 Å². The molecule has 1 heterocycles. The van der Waals surface area contributed by atoms with E-state index in [9.17, 15) is 0 Å². The van der Waals surface area contributed by atoms with E-state index in [4.69, 9.17) is 4.99 Å². The van der Waals surface area contributed by atoms with Gasteiger partial charge in [0.2, 0.25) is 5.96 Å². The van der Waals surface area contributed by atoms with Crippen molar-refractivity contribution in [2.45, 2.75) is 26.8 Å². The number of aryl methyl sites for hydroxylation is 2. The Labute approximate surface area is 191 Å². The van der Waals surface area contributed by atoms with Crippen LogP contribution in [0.3, 0.4) is 0 Å². The summed E-state index contributed by atoms with van der Waals surface area (Å²) in [5, 5.41) is 5.10. The van der Waals surface area contributed by atoms with Crippen LogP contribution in [-0.2, 0) is 13.0 Å². The maximum absolute atomic E-state index is 4.80. The average Bonchev–Trinajstić information content (AvgIpc) is 2.74. The van der Waals surface area contributed by atoms with E-state index in [1.54, 1.807) is 6.20 Å². The maximum Gasteiger partial charge on any atom is 0.226 e. The van der Waals surface area contributed by atoms with Crippen molar-refractivity contribution in [3.05, 3.63) is 70.9 Å². The van der Waals surface area contributed by atoms with Crippen LogP contribution in [0.15, 0.2) is 63.7 Å². The van der Waals surface area contributed by atoms with Gasteiger partial charge in [-0.05, 0) is 68.4 Å². The fraction of sp³-hybridized carbons (Fsp3) is 0.320. The zero-order valence-corrected chi connectivity index (χ0v) is 19.7. The number of nitrogens with one attached hydrogen (secondary N) is 2. The smallest absolute Gasteiger partial charge is 0.226 e. The number of likely N-dealkylation sites (N-methyl/N-ethyl adjacent to an activating group) is 1. The molecule has 32 heavy (non-hydrogen) atoms. The zero-order chi connectivity index (χ0) is 23.1. The highest BCUT2D eigenvalue weighted by Crippen LogP contribution is 2.23. The Hall–Kier alpha value is -3.29. The van der Waals surface area contributed by atoms with Gasteiger partial charge in [0.15, 0.2) is 0 Å². The summed E-state index contributed by atoms with van der Waals surface area (Å²) in [5.74, 6) is 1.11. The summed E-state index contributed by atoms with van der Waals surface area (Å²) in [6, 6.07) is 12.6. The number of anilines is 1. The minimum absolute atomic E-state index is 0.432. The van der Waals surface area contributed by atoms with E-state index >= 15 is 0 Å². The number of amidine groups is 1. The quantitative estimate of drug-likeness (QED) is 0.425. The number of fused-ring (bicyclic) bond motifs is 1. The molecule has 2 N–H and O–H groups in total. The van der Waals surface area contributed by atoms with Crippen molar-refractivity contribution in [1.82, 2.24) is 15.3 Å². The molecule has 0 atom stereocenters. The van der Waals surface area contributed by atoms with Crippen LogP contribution in [-0.4, -0.2) is 56.1 Å². The monoisotopic (exact) mass is 431 g/mol. The van der Waals surface area contributed by atoms with Crippen molar-refractivity contribution in [2.75, 3.05) is 33.0 Å². The minimum Gasteiger partial charge on any atom is -0.324 e. The van der Waals surface area contributed by atoms with E-state index < -0.39 is 0 Å². The summed E-state index contributed by atoms with van der Waals surface area (Å²) in [7, 11) is 5.98. The van der Waals surface area contributed by atoms with Crippen LogP contribution in [0.2, 0.25) is 0 Å². The molecule has 2 aromatic rings. The van der Waals surface area contributed by atoms with E-state index in [2.05, 4.69) is 83.6 Å². The SMILES string of the molecule is C=NC(=N/C=C/C(=Nc1c(C)cccc1C)NN(C)C)Nc1ccc2c(c1)CN(C)CC2. The van der Waals surface area contributed by atoms with Gasteiger partial charge in [0, 0.05) is 45.1 Å². The predicted molar refractivity (Wildman–Crippen MR) is 136 cm³/mol. The standard InChI is InChI=1S/C25H33N7/c1-18-8-7-9-19(2)24(18)29-23(30-31(4)5)12-14-27-25(26-3)28-22-11-10-20-13-15-32(6)17-21(20)16-22/h7-12,14,16H,3,13,15,17H2,1-2,4-6H3,(H,27,28)(H,29,30)/b14-12+. The zero-order valence-electron chi connectivity index (χ0n) is 19.7. The molecule has 0 saturated heterocycles. The molecule has 2 aromatic carbocycles. The second-order valence-corrected chi connectivity index (χ2v) is 8.27. The van der Waals surface area contributed by atoms with Gasteiger partial charge in [0.1, 0.15) is 5.84 Å². The van der Waals surface area contributed by atoms with Crippen molar-refractivity contribution in [3.8, 4) is 0 Å². The highest BCUT2D eigenvalue weighted by Gasteiger charge is 2.13. The van der Waals surface area contributed by atoms with E-state index in [-0.39, 0.29) is 0 Å². The molecule has 0 amide bonds. The molecule has 168 valence electrons. The summed E-state index contributed by atoms with van der Waals surface area (Å²) < 4.78 is 0. The van der Waals surface area contributed by atoms with Gasteiger partial charge in [-0.25, -0.2) is 20.0 Å². The second-order valence-electron chi connectivity index (χ2n) is 8.27. The van der Waals surface area contributed by atoms with E-state index in [0.29, 0.717) is 11.8 Å². The number of rotatable bonds is 5. The summed E-state index contributed by atoms with van der Waals surface area (Å²) in [6.45, 7) is 9.81. The Morgan fingerprint density at radius 2 is 1.88 bits per heavy atom. The van der Waals surface area contributed by atoms with Gasteiger partial charge in [0.25, 0.3) is 0 Å². The van der Waals surface area contributed by atoms with Crippen LogP contribution in [0, 0.1) is 13.8 Å². The summed E-state index contributed by atoms with van der Waals surface area (Å²) >= 11 is 0. The molecule has 0 aromatic heterocycles. The Morgan fingerprint density at radius 1 is 1.12 bits per heavy atom. The Bertz CT molecular complexity index is 1030. The normalized spacial score (nSPS) is 15.2. The van der Waals surface area contributed by atoms with Crippen LogP contribution in [0.4, 0.5) is 11.4 Å². The number of benzene rings is 2. The molecular formula is C25H33N7. The van der Waals surface area contributed by atoms with Crippen LogP contribution < -0.4 is 10.7 Å². The molecule has 0 radical (unpaired) electrons. The van der Waals surface area contributed by atoms with Gasteiger partial charge in [-0.2, -0.15) is 0 Å². The fourth-order valence-corrected chi connectivity index (χ4v) is 3.63. The van der Waals surface area contributed by atoms with Crippen molar-refractivity contribution >= 4 is 29.9 Å². The summed E-state index contributed by atoms with van der Waals surface area (Å²) in [6.07, 6.45) is 4.57. The Kier molecular flexibility index (Phi) is 7.92. The van der Waals surface area contributed by atoms with Gasteiger partial charge in [-0.1, -0.05) is 24.3 Å². The van der Waals surface area contributed by atoms with Gasteiger partial charge >= 0.3 is 0 Å². The summed E-state index contributed by atoms with van der Waals surface area (Å²) in [5.41, 5.74) is 10.1. The first-order valence-corrected chi connectivity index (χ1v) is 10.7. The van der Waals surface area contributed by atoms with E-state index in [1.807, 2.05) is 31.2 Å². The molecule has 0 unspecified atom stereocenters. The van der Waals surface area contributed by atoms with Gasteiger partial charge in [-0.15, -0.1) is 0 Å². The maximum atomic E-state index is 4.80. The van der Waals surface area contributed by atoms with Crippen LogP contribution in [0.1, 0.15) is 22.3 Å². The number of nitrogens with zero attached hydrogens (tertiary/aromatic N) is 5. The van der Waals surface area contributed by atoms with Crippen molar-refractivity contribution < 1.29 is 0 Å². The molecule has 1 aliphatic rings. The number of aliphatic imine (C=N–C) groups is 3. The molecule has 0 bridgehead atoms. The molecule has 7 nitrogen and oxygen atoms in total. The topological polar surface area (TPSA) is 67.6 Å². The molecule has 0 aliphatic carbocycles. The van der Waals surface area contributed by atoms with Crippen molar-refractivity contribution in [1.29, 1.82) is 0 Å². The lowest BCUT2D eigenvalue weighted by atomic mass is 9.99. The lowest BCUT2D eigenvalue weighted by molar-refractivity contribution is 0.313. The fourth-order valence-electron chi connectivity index (χ4n) is 3.63. The van der Waals surface area contributed by atoms with Crippen LogP contribution in [0.5, 0.6) is 0 Å². The number of para-hydroxylation sites is 1. The lowest BCUT2D eigenvalue weighted by Gasteiger charge is -2.25. The molecule has 0 fully saturated rings. The van der Waals surface area contributed by atoms with Crippen LogP contribution >= 0.6 is 0 Å². The molecule has 0 saturated carbocycles. The van der Waals surface area contributed by atoms with E-state index in [0.717, 1.165) is 42.0 Å². The molecule has 0 spiro atoms. The van der Waals surface area contributed by atoms with Gasteiger partial charge < -0.3 is 15.6 Å². The first-order valence-electron chi connectivity index (χ1n) is 10.7. The van der Waals surface area contributed by atoms with Gasteiger partial charge in [-0.3, -0.25) is 0 Å². The highest BCUT2D eigenvalue weighted by molar-refractivity contribution is 5.98. The number of hydrogen-bond donors (Lipinski definition) is 2. The van der Waals surface area contributed by atoms with Crippen molar-refractivity contribution in [3.63, 3.8) is 0 Å². The van der Waals surface area contributed by atoms with E-state index in [1.165, 1.54) is 11.1 Å². The summed E-state index contributed by atoms with van der Waals surface area (Å²) in [4.78, 5) is 15.6. The molecule has 7 heteroatoms. The first-order chi connectivity index (χ1) is 15.4. The molecule has 3 rings (SSSR count). The predicted octanol–water partition coefficient (Wildman–Crippen LogP) is 4.07.